The van der Waals surface area contributed by atoms with Crippen molar-refractivity contribution in [2.24, 2.45) is 5.14 Å². The highest BCUT2D eigenvalue weighted by atomic mass is 32.2. The standard InChI is InChI=1S/C9H11NO6S/c10-17(15,16)6-3-1-5(2-4-6)7(11)8(12)9(13)14/h1-4,7-8,11-12H,(H,13,14)(H2,10,15,16). The van der Waals surface area contributed by atoms with Gasteiger partial charge >= 0.3 is 5.97 Å². The minimum absolute atomic E-state index is 0.0762. The number of rotatable bonds is 4. The molecule has 0 saturated carbocycles. The van der Waals surface area contributed by atoms with E-state index in [1.807, 2.05) is 0 Å². The van der Waals surface area contributed by atoms with Crippen molar-refractivity contribution < 1.29 is 28.5 Å². The zero-order valence-corrected chi connectivity index (χ0v) is 9.33. The van der Waals surface area contributed by atoms with Gasteiger partial charge in [-0.3, -0.25) is 0 Å². The highest BCUT2D eigenvalue weighted by Crippen LogP contribution is 2.18. The summed E-state index contributed by atoms with van der Waals surface area (Å²) in [5, 5.41) is 31.9. The number of aliphatic hydroxyl groups is 2. The number of carbonyl (C=O) groups is 1. The molecule has 1 aromatic carbocycles. The molecule has 1 aromatic rings. The van der Waals surface area contributed by atoms with Crippen LogP contribution in [0.1, 0.15) is 11.7 Å². The average molecular weight is 261 g/mol. The summed E-state index contributed by atoms with van der Waals surface area (Å²) in [6.07, 6.45) is -3.61. The molecule has 0 aromatic heterocycles. The Hall–Kier alpha value is -1.48. The van der Waals surface area contributed by atoms with Gasteiger partial charge in [-0.25, -0.2) is 18.4 Å². The third-order valence-corrected chi connectivity index (χ3v) is 3.03. The fourth-order valence-electron chi connectivity index (χ4n) is 1.17. The van der Waals surface area contributed by atoms with E-state index in [0.29, 0.717) is 0 Å². The van der Waals surface area contributed by atoms with E-state index < -0.39 is 28.2 Å². The maximum absolute atomic E-state index is 10.9. The first-order valence-electron chi connectivity index (χ1n) is 4.45. The molecule has 0 aliphatic carbocycles. The molecule has 0 amide bonds. The molecule has 94 valence electrons. The minimum atomic E-state index is -3.84. The van der Waals surface area contributed by atoms with Crippen LogP contribution in [0.15, 0.2) is 29.2 Å². The first-order chi connectivity index (χ1) is 7.73. The minimum Gasteiger partial charge on any atom is -0.479 e. The molecule has 0 spiro atoms. The lowest BCUT2D eigenvalue weighted by Crippen LogP contribution is -2.27. The van der Waals surface area contributed by atoms with Crippen LogP contribution >= 0.6 is 0 Å². The van der Waals surface area contributed by atoms with Crippen LogP contribution in [0.2, 0.25) is 0 Å². The third-order valence-electron chi connectivity index (χ3n) is 2.10. The van der Waals surface area contributed by atoms with Crippen LogP contribution in [0, 0.1) is 0 Å². The molecule has 2 unspecified atom stereocenters. The molecule has 2 atom stereocenters. The maximum Gasteiger partial charge on any atom is 0.335 e. The highest BCUT2D eigenvalue weighted by Gasteiger charge is 2.25. The molecule has 0 heterocycles. The molecule has 17 heavy (non-hydrogen) atoms. The SMILES string of the molecule is NS(=O)(=O)c1ccc(C(O)C(O)C(=O)O)cc1. The van der Waals surface area contributed by atoms with Gasteiger partial charge in [0.05, 0.1) is 4.90 Å². The molecule has 8 heteroatoms. The molecule has 1 rings (SSSR count). The van der Waals surface area contributed by atoms with Crippen LogP contribution in [0.3, 0.4) is 0 Å². The van der Waals surface area contributed by atoms with Crippen LogP contribution in [0.25, 0.3) is 0 Å². The van der Waals surface area contributed by atoms with Gasteiger partial charge in [-0.1, -0.05) is 12.1 Å². The van der Waals surface area contributed by atoms with E-state index in [0.717, 1.165) is 12.1 Å². The Morgan fingerprint density at radius 2 is 1.65 bits per heavy atom. The first-order valence-corrected chi connectivity index (χ1v) is 6.00. The predicted molar refractivity (Wildman–Crippen MR) is 56.4 cm³/mol. The average Bonchev–Trinajstić information content (AvgIpc) is 2.26. The zero-order chi connectivity index (χ0) is 13.2. The summed E-state index contributed by atoms with van der Waals surface area (Å²) in [5.41, 5.74) is 0.0762. The maximum atomic E-state index is 10.9. The number of carboxylic acid groups (broad SMARTS) is 1. The summed E-state index contributed by atoms with van der Waals surface area (Å²) in [7, 11) is -3.84. The second kappa shape index (κ2) is 4.80. The molecule has 0 radical (unpaired) electrons. The highest BCUT2D eigenvalue weighted by molar-refractivity contribution is 7.89. The van der Waals surface area contributed by atoms with Crippen LogP contribution in [0.4, 0.5) is 0 Å². The summed E-state index contributed by atoms with van der Waals surface area (Å²) < 4.78 is 21.9. The fraction of sp³-hybridized carbons (Fsp3) is 0.222. The fourth-order valence-corrected chi connectivity index (χ4v) is 1.69. The molecule has 5 N–H and O–H groups in total. The third kappa shape index (κ3) is 3.24. The number of sulfonamides is 1. The molecule has 0 aliphatic rings. The first kappa shape index (κ1) is 13.6. The van der Waals surface area contributed by atoms with Gasteiger partial charge in [0, 0.05) is 0 Å². The molecular formula is C9H11NO6S. The van der Waals surface area contributed by atoms with Crippen molar-refractivity contribution in [3.05, 3.63) is 29.8 Å². The van der Waals surface area contributed by atoms with Gasteiger partial charge in [-0.05, 0) is 17.7 Å². The van der Waals surface area contributed by atoms with Crippen molar-refractivity contribution in [2.45, 2.75) is 17.1 Å². The number of benzene rings is 1. The summed E-state index contributed by atoms with van der Waals surface area (Å²) in [5.74, 6) is -1.58. The monoisotopic (exact) mass is 261 g/mol. The largest absolute Gasteiger partial charge is 0.479 e. The van der Waals surface area contributed by atoms with Crippen molar-refractivity contribution in [3.63, 3.8) is 0 Å². The Labute approximate surface area is 97.2 Å². The quantitative estimate of drug-likeness (QED) is 0.537. The Morgan fingerprint density at radius 3 is 2.00 bits per heavy atom. The van der Waals surface area contributed by atoms with Gasteiger partial charge in [0.15, 0.2) is 6.10 Å². The summed E-state index contributed by atoms with van der Waals surface area (Å²) >= 11 is 0. The van der Waals surface area contributed by atoms with Crippen molar-refractivity contribution >= 4 is 16.0 Å². The van der Waals surface area contributed by atoms with E-state index >= 15 is 0 Å². The van der Waals surface area contributed by atoms with Crippen LogP contribution in [-0.4, -0.2) is 35.8 Å². The predicted octanol–water partition coefficient (Wildman–Crippen LogP) is -1.19. The van der Waals surface area contributed by atoms with Gasteiger partial charge in [-0.2, -0.15) is 0 Å². The van der Waals surface area contributed by atoms with E-state index in [4.69, 9.17) is 15.4 Å². The Balaban J connectivity index is 2.99. The van der Waals surface area contributed by atoms with Gasteiger partial charge in [0.1, 0.15) is 6.10 Å². The Morgan fingerprint density at radius 1 is 1.18 bits per heavy atom. The van der Waals surface area contributed by atoms with Gasteiger partial charge in [0.2, 0.25) is 10.0 Å². The van der Waals surface area contributed by atoms with Crippen LogP contribution < -0.4 is 5.14 Å². The van der Waals surface area contributed by atoms with Crippen LogP contribution in [-0.2, 0) is 14.8 Å². The lowest BCUT2D eigenvalue weighted by molar-refractivity contribution is -0.153. The van der Waals surface area contributed by atoms with Crippen molar-refractivity contribution in [1.29, 1.82) is 0 Å². The second-order valence-electron chi connectivity index (χ2n) is 3.34. The number of aliphatic hydroxyl groups excluding tert-OH is 2. The van der Waals surface area contributed by atoms with Gasteiger partial charge in [0.25, 0.3) is 0 Å². The van der Waals surface area contributed by atoms with E-state index in [-0.39, 0.29) is 10.5 Å². The summed E-state index contributed by atoms with van der Waals surface area (Å²) in [4.78, 5) is 10.2. The number of primary sulfonamides is 1. The molecule has 0 bridgehead atoms. The Bertz CT molecular complexity index is 509. The summed E-state index contributed by atoms with van der Waals surface area (Å²) in [6.45, 7) is 0. The molecule has 0 saturated heterocycles. The van der Waals surface area contributed by atoms with Crippen molar-refractivity contribution in [3.8, 4) is 0 Å². The topological polar surface area (TPSA) is 138 Å². The zero-order valence-electron chi connectivity index (χ0n) is 8.52. The van der Waals surface area contributed by atoms with Crippen LogP contribution in [0.5, 0.6) is 0 Å². The smallest absolute Gasteiger partial charge is 0.335 e. The van der Waals surface area contributed by atoms with Crippen molar-refractivity contribution in [2.75, 3.05) is 0 Å². The van der Waals surface area contributed by atoms with E-state index in [1.165, 1.54) is 12.1 Å². The van der Waals surface area contributed by atoms with E-state index in [1.54, 1.807) is 0 Å². The summed E-state index contributed by atoms with van der Waals surface area (Å²) in [6, 6.07) is 4.58. The molecule has 0 aliphatic heterocycles. The molecule has 7 nitrogen and oxygen atoms in total. The lowest BCUT2D eigenvalue weighted by atomic mass is 10.0. The van der Waals surface area contributed by atoms with Gasteiger partial charge < -0.3 is 15.3 Å². The number of hydrogen-bond acceptors (Lipinski definition) is 5. The normalized spacial score (nSPS) is 15.2. The van der Waals surface area contributed by atoms with Gasteiger partial charge in [-0.15, -0.1) is 0 Å². The molecule has 0 fully saturated rings. The van der Waals surface area contributed by atoms with E-state index in [9.17, 15) is 18.3 Å². The number of aliphatic carboxylic acids is 1. The Kier molecular flexibility index (Phi) is 3.83. The number of carboxylic acids is 1. The molecular weight excluding hydrogens is 250 g/mol. The lowest BCUT2D eigenvalue weighted by Gasteiger charge is -2.14. The number of hydrogen-bond donors (Lipinski definition) is 4. The van der Waals surface area contributed by atoms with Crippen molar-refractivity contribution in [1.82, 2.24) is 0 Å². The number of nitrogens with two attached hydrogens (primary N) is 1. The second-order valence-corrected chi connectivity index (χ2v) is 4.90. The van der Waals surface area contributed by atoms with E-state index in [2.05, 4.69) is 0 Å².